The van der Waals surface area contributed by atoms with E-state index in [0.717, 1.165) is 37.9 Å². The van der Waals surface area contributed by atoms with Crippen LogP contribution in [0.4, 0.5) is 4.39 Å². The van der Waals surface area contributed by atoms with Gasteiger partial charge < -0.3 is 11.1 Å². The smallest absolute Gasteiger partial charge is 0.231 e. The summed E-state index contributed by atoms with van der Waals surface area (Å²) in [4.78, 5) is 25.2. The topological polar surface area (TPSA) is 75.4 Å². The van der Waals surface area contributed by atoms with Crippen LogP contribution in [-0.4, -0.2) is 42.4 Å². The molecule has 0 radical (unpaired) electrons. The average Bonchev–Trinajstić information content (AvgIpc) is 3.30. The normalized spacial score (nSPS) is 25.1. The number of hydrogen-bond acceptors (Lipinski definition) is 3. The quantitative estimate of drug-likeness (QED) is 0.850. The van der Waals surface area contributed by atoms with E-state index in [0.29, 0.717) is 0 Å². The molecule has 5 nitrogen and oxygen atoms in total. The van der Waals surface area contributed by atoms with Crippen molar-refractivity contribution in [2.75, 3.05) is 19.6 Å². The van der Waals surface area contributed by atoms with Gasteiger partial charge in [0.25, 0.3) is 0 Å². The highest BCUT2D eigenvalue weighted by Crippen LogP contribution is 2.47. The Morgan fingerprint density at radius 1 is 1.22 bits per heavy atom. The molecule has 23 heavy (non-hydrogen) atoms. The second-order valence-electron chi connectivity index (χ2n) is 6.53. The summed E-state index contributed by atoms with van der Waals surface area (Å²) in [7, 11) is 0. The van der Waals surface area contributed by atoms with Crippen LogP contribution in [0, 0.1) is 11.7 Å². The van der Waals surface area contributed by atoms with Crippen molar-refractivity contribution in [1.29, 1.82) is 0 Å². The SMILES string of the molecule is NC(=O)CN1CCC(NC(=O)[C@H]2C[C@@H]2c2ccc(F)cc2)CC1. The van der Waals surface area contributed by atoms with E-state index >= 15 is 0 Å². The minimum atomic E-state index is -0.312. The molecule has 1 saturated heterocycles. The number of hydrogen-bond donors (Lipinski definition) is 2. The van der Waals surface area contributed by atoms with Gasteiger partial charge in [0.05, 0.1) is 6.54 Å². The summed E-state index contributed by atoms with van der Waals surface area (Å²) in [6, 6.07) is 6.57. The summed E-state index contributed by atoms with van der Waals surface area (Å²) in [5.41, 5.74) is 6.22. The van der Waals surface area contributed by atoms with E-state index in [1.54, 1.807) is 12.1 Å². The van der Waals surface area contributed by atoms with Crippen LogP contribution < -0.4 is 11.1 Å². The Morgan fingerprint density at radius 2 is 1.87 bits per heavy atom. The molecule has 2 fully saturated rings. The van der Waals surface area contributed by atoms with Crippen molar-refractivity contribution in [3.63, 3.8) is 0 Å². The van der Waals surface area contributed by atoms with Gasteiger partial charge >= 0.3 is 0 Å². The fourth-order valence-electron chi connectivity index (χ4n) is 3.33. The van der Waals surface area contributed by atoms with E-state index in [1.807, 2.05) is 4.90 Å². The molecule has 6 heteroatoms. The molecule has 3 rings (SSSR count). The third kappa shape index (κ3) is 4.07. The number of nitrogens with one attached hydrogen (secondary N) is 1. The summed E-state index contributed by atoms with van der Waals surface area (Å²) >= 11 is 0. The molecule has 2 aliphatic rings. The Morgan fingerprint density at radius 3 is 2.48 bits per heavy atom. The van der Waals surface area contributed by atoms with Gasteiger partial charge in [-0.15, -0.1) is 0 Å². The molecule has 2 atom stereocenters. The third-order valence-electron chi connectivity index (χ3n) is 4.74. The zero-order valence-electron chi connectivity index (χ0n) is 13.0. The Hall–Kier alpha value is -1.95. The monoisotopic (exact) mass is 319 g/mol. The number of likely N-dealkylation sites (tertiary alicyclic amines) is 1. The largest absolute Gasteiger partial charge is 0.369 e. The first kappa shape index (κ1) is 15.9. The number of carbonyl (C=O) groups excluding carboxylic acids is 2. The fraction of sp³-hybridized carbons (Fsp3) is 0.529. The lowest BCUT2D eigenvalue weighted by Crippen LogP contribution is -2.47. The predicted molar refractivity (Wildman–Crippen MR) is 84.0 cm³/mol. The van der Waals surface area contributed by atoms with Gasteiger partial charge in [0.2, 0.25) is 11.8 Å². The van der Waals surface area contributed by atoms with E-state index < -0.39 is 0 Å². The van der Waals surface area contributed by atoms with E-state index in [-0.39, 0.29) is 42.1 Å². The molecule has 1 heterocycles. The standard InChI is InChI=1S/C17H22FN3O2/c18-12-3-1-11(2-4-12)14-9-15(14)17(23)20-13-5-7-21(8-6-13)10-16(19)22/h1-4,13-15H,5-10H2,(H2,19,22)(H,20,23)/t14-,15+/m1/s1. The molecule has 1 aliphatic carbocycles. The van der Waals surface area contributed by atoms with Gasteiger partial charge in [-0.2, -0.15) is 0 Å². The number of carbonyl (C=O) groups is 2. The van der Waals surface area contributed by atoms with Crippen LogP contribution in [0.3, 0.4) is 0 Å². The van der Waals surface area contributed by atoms with Gasteiger partial charge in [0.1, 0.15) is 5.82 Å². The Bertz CT molecular complexity index is 582. The maximum Gasteiger partial charge on any atom is 0.231 e. The molecular formula is C17H22FN3O2. The number of primary amides is 1. The van der Waals surface area contributed by atoms with Crippen molar-refractivity contribution in [2.24, 2.45) is 11.7 Å². The number of nitrogens with two attached hydrogens (primary N) is 1. The molecule has 0 unspecified atom stereocenters. The summed E-state index contributed by atoms with van der Waals surface area (Å²) in [5, 5.41) is 3.11. The van der Waals surface area contributed by atoms with Crippen molar-refractivity contribution in [2.45, 2.75) is 31.2 Å². The number of halogens is 1. The van der Waals surface area contributed by atoms with Crippen molar-refractivity contribution in [3.05, 3.63) is 35.6 Å². The predicted octanol–water partition coefficient (Wildman–Crippen LogP) is 0.995. The van der Waals surface area contributed by atoms with Gasteiger partial charge in [0, 0.05) is 25.0 Å². The van der Waals surface area contributed by atoms with Crippen LogP contribution >= 0.6 is 0 Å². The highest BCUT2D eigenvalue weighted by Gasteiger charge is 2.44. The Balaban J connectivity index is 1.44. The number of piperidine rings is 1. The average molecular weight is 319 g/mol. The van der Waals surface area contributed by atoms with E-state index in [1.165, 1.54) is 12.1 Å². The Labute approximate surface area is 135 Å². The molecule has 1 aliphatic heterocycles. The van der Waals surface area contributed by atoms with Crippen molar-refractivity contribution >= 4 is 11.8 Å². The zero-order valence-corrected chi connectivity index (χ0v) is 13.0. The molecule has 1 saturated carbocycles. The van der Waals surface area contributed by atoms with Gasteiger partial charge in [0.15, 0.2) is 0 Å². The second-order valence-corrected chi connectivity index (χ2v) is 6.53. The van der Waals surface area contributed by atoms with Crippen LogP contribution in [0.5, 0.6) is 0 Å². The summed E-state index contributed by atoms with van der Waals surface area (Å²) in [5.74, 6) is -0.256. The first-order chi connectivity index (χ1) is 11.0. The minimum Gasteiger partial charge on any atom is -0.369 e. The zero-order chi connectivity index (χ0) is 16.4. The van der Waals surface area contributed by atoms with E-state index in [4.69, 9.17) is 5.73 Å². The van der Waals surface area contributed by atoms with Crippen LogP contribution in [-0.2, 0) is 9.59 Å². The van der Waals surface area contributed by atoms with E-state index in [9.17, 15) is 14.0 Å². The molecule has 1 aromatic carbocycles. The fourth-order valence-corrected chi connectivity index (χ4v) is 3.33. The lowest BCUT2D eigenvalue weighted by atomic mass is 10.0. The lowest BCUT2D eigenvalue weighted by Gasteiger charge is -2.31. The molecule has 0 spiro atoms. The molecule has 124 valence electrons. The molecule has 0 bridgehead atoms. The first-order valence-electron chi connectivity index (χ1n) is 8.09. The van der Waals surface area contributed by atoms with Gasteiger partial charge in [-0.25, -0.2) is 4.39 Å². The van der Waals surface area contributed by atoms with Gasteiger partial charge in [-0.05, 0) is 42.9 Å². The summed E-state index contributed by atoms with van der Waals surface area (Å²) in [6.07, 6.45) is 2.51. The minimum absolute atomic E-state index is 0.00381. The van der Waals surface area contributed by atoms with Crippen molar-refractivity contribution < 1.29 is 14.0 Å². The highest BCUT2D eigenvalue weighted by atomic mass is 19.1. The maximum atomic E-state index is 12.9. The van der Waals surface area contributed by atoms with Gasteiger partial charge in [-0.1, -0.05) is 12.1 Å². The summed E-state index contributed by atoms with van der Waals surface area (Å²) in [6.45, 7) is 1.84. The van der Waals surface area contributed by atoms with E-state index in [2.05, 4.69) is 5.32 Å². The molecular weight excluding hydrogens is 297 g/mol. The summed E-state index contributed by atoms with van der Waals surface area (Å²) < 4.78 is 12.9. The number of benzene rings is 1. The Kier molecular flexibility index (Phi) is 4.61. The van der Waals surface area contributed by atoms with Crippen molar-refractivity contribution in [1.82, 2.24) is 10.2 Å². The van der Waals surface area contributed by atoms with Crippen molar-refractivity contribution in [3.8, 4) is 0 Å². The molecule has 3 N–H and O–H groups in total. The van der Waals surface area contributed by atoms with Gasteiger partial charge in [-0.3, -0.25) is 14.5 Å². The molecule has 2 amide bonds. The number of nitrogens with zero attached hydrogens (tertiary/aromatic N) is 1. The van der Waals surface area contributed by atoms with Crippen LogP contribution in [0.1, 0.15) is 30.7 Å². The molecule has 0 aromatic heterocycles. The number of rotatable bonds is 5. The number of amides is 2. The third-order valence-corrected chi connectivity index (χ3v) is 4.74. The highest BCUT2D eigenvalue weighted by molar-refractivity contribution is 5.83. The maximum absolute atomic E-state index is 12.9. The lowest BCUT2D eigenvalue weighted by molar-refractivity contribution is -0.124. The second kappa shape index (κ2) is 6.66. The molecule has 1 aromatic rings. The first-order valence-corrected chi connectivity index (χ1v) is 8.09. The van der Waals surface area contributed by atoms with Crippen LogP contribution in [0.15, 0.2) is 24.3 Å². The van der Waals surface area contributed by atoms with Crippen LogP contribution in [0.25, 0.3) is 0 Å². The van der Waals surface area contributed by atoms with Crippen LogP contribution in [0.2, 0.25) is 0 Å².